The van der Waals surface area contributed by atoms with Crippen LogP contribution in [0.15, 0.2) is 6.07 Å². The molecule has 1 N–H and O–H groups in total. The Morgan fingerprint density at radius 1 is 1.47 bits per heavy atom. The largest absolute Gasteiger partial charge is 0.481 e. The van der Waals surface area contributed by atoms with E-state index in [1.54, 1.807) is 13.0 Å². The lowest BCUT2D eigenvalue weighted by Gasteiger charge is -2.12. The Balaban J connectivity index is 2.11. The molecule has 0 spiro atoms. The minimum atomic E-state index is -2.88. The number of aryl methyl sites for hydroxylation is 1. The highest BCUT2D eigenvalue weighted by Gasteiger charge is 2.28. The van der Waals surface area contributed by atoms with Gasteiger partial charge in [-0.05, 0) is 13.3 Å². The van der Waals surface area contributed by atoms with Gasteiger partial charge in [0.1, 0.15) is 11.6 Å². The number of anilines is 1. The first-order valence-corrected chi connectivity index (χ1v) is 7.17. The molecule has 2 rings (SSSR count). The SMILES string of the molecule is COc1cc(NC2CCS(=O)(=O)C2)nc(C)n1. The van der Waals surface area contributed by atoms with Gasteiger partial charge in [0.15, 0.2) is 9.84 Å². The Kier molecular flexibility index (Phi) is 3.19. The van der Waals surface area contributed by atoms with E-state index in [9.17, 15) is 8.42 Å². The lowest BCUT2D eigenvalue weighted by atomic mass is 10.2. The van der Waals surface area contributed by atoms with E-state index in [1.165, 1.54) is 7.11 Å². The number of aromatic nitrogens is 2. The Morgan fingerprint density at radius 2 is 2.24 bits per heavy atom. The molecule has 1 aromatic rings. The zero-order chi connectivity index (χ0) is 12.5. The van der Waals surface area contributed by atoms with Crippen LogP contribution in [0.2, 0.25) is 0 Å². The fourth-order valence-corrected chi connectivity index (χ4v) is 3.51. The number of ether oxygens (including phenoxy) is 1. The second kappa shape index (κ2) is 4.48. The predicted octanol–water partition coefficient (Wildman–Crippen LogP) is 0.393. The molecule has 6 nitrogen and oxygen atoms in total. The normalized spacial score (nSPS) is 22.4. The number of nitrogens with one attached hydrogen (secondary N) is 1. The summed E-state index contributed by atoms with van der Waals surface area (Å²) in [4.78, 5) is 8.26. The summed E-state index contributed by atoms with van der Waals surface area (Å²) in [7, 11) is -1.35. The van der Waals surface area contributed by atoms with Crippen LogP contribution in [0.1, 0.15) is 12.2 Å². The zero-order valence-corrected chi connectivity index (χ0v) is 10.6. The minimum absolute atomic E-state index is 0.0704. The lowest BCUT2D eigenvalue weighted by Crippen LogP contribution is -2.21. The number of sulfone groups is 1. The van der Waals surface area contributed by atoms with Crippen molar-refractivity contribution in [3.8, 4) is 5.88 Å². The van der Waals surface area contributed by atoms with E-state index in [2.05, 4.69) is 15.3 Å². The van der Waals surface area contributed by atoms with E-state index in [0.717, 1.165) is 0 Å². The van der Waals surface area contributed by atoms with Crippen molar-refractivity contribution in [3.63, 3.8) is 0 Å². The quantitative estimate of drug-likeness (QED) is 0.843. The maximum Gasteiger partial charge on any atom is 0.218 e. The van der Waals surface area contributed by atoms with Crippen molar-refractivity contribution >= 4 is 15.7 Å². The van der Waals surface area contributed by atoms with Gasteiger partial charge in [-0.2, -0.15) is 4.98 Å². The summed E-state index contributed by atoms with van der Waals surface area (Å²) < 4.78 is 27.7. The van der Waals surface area contributed by atoms with Crippen LogP contribution in [0, 0.1) is 6.92 Å². The van der Waals surface area contributed by atoms with Crippen molar-refractivity contribution < 1.29 is 13.2 Å². The van der Waals surface area contributed by atoms with Gasteiger partial charge in [0.25, 0.3) is 0 Å². The first kappa shape index (κ1) is 12.1. The van der Waals surface area contributed by atoms with Crippen molar-refractivity contribution in [1.82, 2.24) is 9.97 Å². The third-order valence-corrected chi connectivity index (χ3v) is 4.38. The molecule has 0 aliphatic carbocycles. The molecule has 7 heteroatoms. The fraction of sp³-hybridized carbons (Fsp3) is 0.600. The summed E-state index contributed by atoms with van der Waals surface area (Å²) >= 11 is 0. The van der Waals surface area contributed by atoms with Crippen molar-refractivity contribution in [3.05, 3.63) is 11.9 Å². The molecular formula is C10H15N3O3S. The van der Waals surface area contributed by atoms with Crippen molar-refractivity contribution in [2.24, 2.45) is 0 Å². The third-order valence-electron chi connectivity index (χ3n) is 2.61. The summed E-state index contributed by atoms with van der Waals surface area (Å²) in [6.07, 6.45) is 0.619. The first-order valence-electron chi connectivity index (χ1n) is 5.35. The Morgan fingerprint density at radius 3 is 2.82 bits per heavy atom. The topological polar surface area (TPSA) is 81.2 Å². The molecule has 1 fully saturated rings. The van der Waals surface area contributed by atoms with Crippen LogP contribution in [0.25, 0.3) is 0 Å². The molecule has 1 unspecified atom stereocenters. The maximum atomic E-state index is 11.3. The van der Waals surface area contributed by atoms with Crippen molar-refractivity contribution in [2.75, 3.05) is 23.9 Å². The van der Waals surface area contributed by atoms with E-state index in [1.807, 2.05) is 0 Å². The Bertz CT molecular complexity index is 516. The van der Waals surface area contributed by atoms with Gasteiger partial charge in [-0.1, -0.05) is 0 Å². The number of hydrogen-bond acceptors (Lipinski definition) is 6. The van der Waals surface area contributed by atoms with Crippen LogP contribution in [0.3, 0.4) is 0 Å². The van der Waals surface area contributed by atoms with Crippen LogP contribution in [-0.4, -0.2) is 43.0 Å². The molecule has 0 aromatic carbocycles. The number of nitrogens with zero attached hydrogens (tertiary/aromatic N) is 2. The van der Waals surface area contributed by atoms with Gasteiger partial charge in [-0.25, -0.2) is 13.4 Å². The highest BCUT2D eigenvalue weighted by molar-refractivity contribution is 7.91. The predicted molar refractivity (Wildman–Crippen MR) is 64.0 cm³/mol. The van der Waals surface area contributed by atoms with Crippen LogP contribution < -0.4 is 10.1 Å². The van der Waals surface area contributed by atoms with Crippen LogP contribution in [0.5, 0.6) is 5.88 Å². The Labute approximate surface area is 100 Å². The van der Waals surface area contributed by atoms with Crippen LogP contribution >= 0.6 is 0 Å². The smallest absolute Gasteiger partial charge is 0.218 e. The average molecular weight is 257 g/mol. The van der Waals surface area contributed by atoms with Crippen LogP contribution in [0.4, 0.5) is 5.82 Å². The summed E-state index contributed by atoms with van der Waals surface area (Å²) in [5.74, 6) is 2.08. The van der Waals surface area contributed by atoms with Crippen molar-refractivity contribution in [2.45, 2.75) is 19.4 Å². The van der Waals surface area contributed by atoms with Crippen LogP contribution in [-0.2, 0) is 9.84 Å². The van der Waals surface area contributed by atoms with E-state index in [4.69, 9.17) is 4.74 Å². The average Bonchev–Trinajstić information content (AvgIpc) is 2.57. The van der Waals surface area contributed by atoms with Gasteiger partial charge < -0.3 is 10.1 Å². The van der Waals surface area contributed by atoms with Gasteiger partial charge in [0.05, 0.1) is 18.6 Å². The van der Waals surface area contributed by atoms with Gasteiger partial charge >= 0.3 is 0 Å². The maximum absolute atomic E-state index is 11.3. The molecule has 94 valence electrons. The highest BCUT2D eigenvalue weighted by atomic mass is 32.2. The molecule has 1 saturated heterocycles. The summed E-state index contributed by atoms with van der Waals surface area (Å²) in [6.45, 7) is 1.76. The van der Waals surface area contributed by atoms with Gasteiger partial charge in [0, 0.05) is 12.1 Å². The lowest BCUT2D eigenvalue weighted by molar-refractivity contribution is 0.396. The minimum Gasteiger partial charge on any atom is -0.481 e. The second-order valence-electron chi connectivity index (χ2n) is 4.09. The summed E-state index contributed by atoms with van der Waals surface area (Å²) in [6, 6.07) is 1.59. The molecule has 1 aliphatic rings. The van der Waals surface area contributed by atoms with E-state index in [-0.39, 0.29) is 17.5 Å². The zero-order valence-electron chi connectivity index (χ0n) is 9.80. The molecule has 2 heterocycles. The monoisotopic (exact) mass is 257 g/mol. The number of methoxy groups -OCH3 is 1. The molecule has 1 aliphatic heterocycles. The molecular weight excluding hydrogens is 242 g/mol. The second-order valence-corrected chi connectivity index (χ2v) is 6.32. The molecule has 0 saturated carbocycles. The summed E-state index contributed by atoms with van der Waals surface area (Å²) in [5.41, 5.74) is 0. The molecule has 1 aromatic heterocycles. The van der Waals surface area contributed by atoms with Gasteiger partial charge in [0.2, 0.25) is 5.88 Å². The molecule has 1 atom stereocenters. The standard InChI is InChI=1S/C10H15N3O3S/c1-7-11-9(5-10(12-7)16-2)13-8-3-4-17(14,15)6-8/h5,8H,3-4,6H2,1-2H3,(H,11,12,13). The molecule has 0 bridgehead atoms. The molecule has 0 radical (unpaired) electrons. The molecule has 17 heavy (non-hydrogen) atoms. The third kappa shape index (κ3) is 3.06. The van der Waals surface area contributed by atoms with Crippen molar-refractivity contribution in [1.29, 1.82) is 0 Å². The summed E-state index contributed by atoms with van der Waals surface area (Å²) in [5, 5.41) is 3.10. The highest BCUT2D eigenvalue weighted by Crippen LogP contribution is 2.18. The number of hydrogen-bond donors (Lipinski definition) is 1. The van der Waals surface area contributed by atoms with Gasteiger partial charge in [-0.3, -0.25) is 0 Å². The number of rotatable bonds is 3. The van der Waals surface area contributed by atoms with E-state index in [0.29, 0.717) is 23.9 Å². The Hall–Kier alpha value is -1.37. The fourth-order valence-electron chi connectivity index (χ4n) is 1.84. The van der Waals surface area contributed by atoms with E-state index >= 15 is 0 Å². The van der Waals surface area contributed by atoms with E-state index < -0.39 is 9.84 Å². The molecule has 0 amide bonds. The first-order chi connectivity index (χ1) is 7.98. The van der Waals surface area contributed by atoms with Gasteiger partial charge in [-0.15, -0.1) is 0 Å².